The van der Waals surface area contributed by atoms with Gasteiger partial charge in [-0.2, -0.15) is 5.10 Å². The molecule has 0 radical (unpaired) electrons. The fourth-order valence-corrected chi connectivity index (χ4v) is 1.76. The maximum absolute atomic E-state index is 12.3. The van der Waals surface area contributed by atoms with Crippen LogP contribution in [0.25, 0.3) is 0 Å². The summed E-state index contributed by atoms with van der Waals surface area (Å²) in [5, 5.41) is 12.6. The van der Waals surface area contributed by atoms with E-state index in [1.54, 1.807) is 24.3 Å². The lowest BCUT2D eigenvalue weighted by molar-refractivity contribution is 0.0696. The molecule has 1 aromatic heterocycles. The van der Waals surface area contributed by atoms with Crippen LogP contribution in [0.1, 0.15) is 26.3 Å². The molecule has 0 fully saturated rings. The van der Waals surface area contributed by atoms with E-state index < -0.39 is 11.8 Å². The van der Waals surface area contributed by atoms with E-state index in [0.29, 0.717) is 0 Å². The van der Waals surface area contributed by atoms with Gasteiger partial charge < -0.3 is 10.9 Å². The average molecular weight is 269 g/mol. The highest BCUT2D eigenvalue weighted by Crippen LogP contribution is 2.13. The third-order valence-corrected chi connectivity index (χ3v) is 2.68. The number of hydrazone groups is 1. The molecule has 0 saturated carbocycles. The Hall–Kier alpha value is -3.02. The molecule has 2 aromatic rings. The van der Waals surface area contributed by atoms with Crippen LogP contribution in [-0.2, 0) is 0 Å². The third-order valence-electron chi connectivity index (χ3n) is 2.68. The summed E-state index contributed by atoms with van der Waals surface area (Å²) < 4.78 is 0. The summed E-state index contributed by atoms with van der Waals surface area (Å²) in [6, 6.07) is 9.22. The van der Waals surface area contributed by atoms with Crippen LogP contribution in [0.2, 0.25) is 0 Å². The van der Waals surface area contributed by atoms with Gasteiger partial charge in [0, 0.05) is 23.5 Å². The number of nitrogens with zero attached hydrogens (tertiary/aromatic N) is 2. The van der Waals surface area contributed by atoms with Crippen molar-refractivity contribution in [3.8, 4) is 0 Å². The molecule has 0 atom stereocenters. The summed E-state index contributed by atoms with van der Waals surface area (Å²) in [4.78, 5) is 27.3. The lowest BCUT2D eigenvalue weighted by atomic mass is 9.97. The number of rotatable bonds is 4. The Morgan fingerprint density at radius 3 is 2.35 bits per heavy atom. The Labute approximate surface area is 114 Å². The number of carbonyl (C=O) groups excluding carboxylic acids is 1. The van der Waals surface area contributed by atoms with Crippen molar-refractivity contribution in [2.75, 3.05) is 0 Å². The molecule has 20 heavy (non-hydrogen) atoms. The Kier molecular flexibility index (Phi) is 3.85. The highest BCUT2D eigenvalue weighted by atomic mass is 16.4. The predicted octanol–water partition coefficient (Wildman–Crippen LogP) is 1.33. The lowest BCUT2D eigenvalue weighted by Gasteiger charge is -2.07. The fraction of sp³-hybridized carbons (Fsp3) is 0. The molecule has 2 rings (SSSR count). The van der Waals surface area contributed by atoms with E-state index in [1.165, 1.54) is 24.5 Å². The molecule has 0 bridgehead atoms. The first-order chi connectivity index (χ1) is 9.65. The van der Waals surface area contributed by atoms with Crippen LogP contribution in [0.4, 0.5) is 0 Å². The smallest absolute Gasteiger partial charge is 0.336 e. The number of carbonyl (C=O) groups is 2. The Morgan fingerprint density at radius 1 is 1.10 bits per heavy atom. The van der Waals surface area contributed by atoms with Crippen LogP contribution in [-0.4, -0.2) is 27.6 Å². The van der Waals surface area contributed by atoms with Crippen molar-refractivity contribution < 1.29 is 14.7 Å². The number of ketones is 1. The van der Waals surface area contributed by atoms with Crippen LogP contribution >= 0.6 is 0 Å². The first-order valence-electron chi connectivity index (χ1n) is 5.70. The van der Waals surface area contributed by atoms with Gasteiger partial charge in [-0.3, -0.25) is 9.78 Å². The predicted molar refractivity (Wildman–Crippen MR) is 72.7 cm³/mol. The van der Waals surface area contributed by atoms with Crippen LogP contribution in [0.5, 0.6) is 0 Å². The molecule has 6 heteroatoms. The number of nitrogens with two attached hydrogens (primary N) is 1. The van der Waals surface area contributed by atoms with Gasteiger partial charge in [0.15, 0.2) is 0 Å². The molecule has 0 aliphatic heterocycles. The molecular weight excluding hydrogens is 258 g/mol. The van der Waals surface area contributed by atoms with E-state index in [-0.39, 0.29) is 22.4 Å². The van der Waals surface area contributed by atoms with Crippen molar-refractivity contribution in [3.63, 3.8) is 0 Å². The number of hydrogen-bond donors (Lipinski definition) is 2. The second kappa shape index (κ2) is 5.75. The lowest BCUT2D eigenvalue weighted by Crippen LogP contribution is -2.21. The number of hydrogen-bond acceptors (Lipinski definition) is 5. The second-order valence-electron chi connectivity index (χ2n) is 3.90. The van der Waals surface area contributed by atoms with Crippen LogP contribution in [0, 0.1) is 0 Å². The van der Waals surface area contributed by atoms with Gasteiger partial charge in [-0.1, -0.05) is 18.2 Å². The summed E-state index contributed by atoms with van der Waals surface area (Å²) in [5.74, 6) is 3.64. The molecule has 6 nitrogen and oxygen atoms in total. The van der Waals surface area contributed by atoms with Crippen LogP contribution < -0.4 is 5.84 Å². The summed E-state index contributed by atoms with van der Waals surface area (Å²) >= 11 is 0. The number of aromatic carboxylic acids is 1. The minimum Gasteiger partial charge on any atom is -0.478 e. The van der Waals surface area contributed by atoms with Crippen molar-refractivity contribution in [3.05, 3.63) is 65.5 Å². The summed E-state index contributed by atoms with van der Waals surface area (Å²) in [6.07, 6.45) is 2.90. The van der Waals surface area contributed by atoms with Crippen molar-refractivity contribution >= 4 is 17.5 Å². The molecule has 0 aliphatic carbocycles. The average Bonchev–Trinajstić information content (AvgIpc) is 2.49. The van der Waals surface area contributed by atoms with E-state index in [4.69, 9.17) is 10.9 Å². The number of aromatic nitrogens is 1. The van der Waals surface area contributed by atoms with Gasteiger partial charge >= 0.3 is 5.97 Å². The number of pyridine rings is 1. The third kappa shape index (κ3) is 2.54. The van der Waals surface area contributed by atoms with E-state index in [0.717, 1.165) is 0 Å². The van der Waals surface area contributed by atoms with Crippen LogP contribution in [0.15, 0.2) is 53.9 Å². The first kappa shape index (κ1) is 13.4. The van der Waals surface area contributed by atoms with E-state index in [2.05, 4.69) is 10.1 Å². The number of carboxylic acids is 1. The topological polar surface area (TPSA) is 106 Å². The zero-order chi connectivity index (χ0) is 14.5. The molecule has 100 valence electrons. The Morgan fingerprint density at radius 2 is 1.80 bits per heavy atom. The zero-order valence-electron chi connectivity index (χ0n) is 10.4. The van der Waals surface area contributed by atoms with Gasteiger partial charge in [0.05, 0.1) is 5.56 Å². The first-order valence-corrected chi connectivity index (χ1v) is 5.70. The second-order valence-corrected chi connectivity index (χ2v) is 3.90. The molecule has 0 unspecified atom stereocenters. The largest absolute Gasteiger partial charge is 0.478 e. The molecule has 1 heterocycles. The van der Waals surface area contributed by atoms with E-state index in [1.807, 2.05) is 0 Å². The van der Waals surface area contributed by atoms with E-state index in [9.17, 15) is 9.59 Å². The molecule has 1 aromatic carbocycles. The number of carboxylic acid groups (broad SMARTS) is 1. The van der Waals surface area contributed by atoms with E-state index >= 15 is 0 Å². The molecule has 0 aliphatic rings. The van der Waals surface area contributed by atoms with Crippen LogP contribution in [0.3, 0.4) is 0 Å². The number of benzene rings is 1. The standard InChI is InChI=1S/C14H11N3O3/c15-17-12(13(18)9-4-3-7-16-8-9)10-5-1-2-6-11(10)14(19)20/h1-8H,15H2,(H,19,20)/b17-12+. The van der Waals surface area contributed by atoms with Gasteiger partial charge in [-0.15, -0.1) is 0 Å². The Balaban J connectivity index is 2.50. The highest BCUT2D eigenvalue weighted by molar-refractivity contribution is 6.52. The van der Waals surface area contributed by atoms with Gasteiger partial charge in [-0.05, 0) is 18.2 Å². The minimum atomic E-state index is -1.15. The molecule has 3 N–H and O–H groups in total. The summed E-state index contributed by atoms with van der Waals surface area (Å²) in [6.45, 7) is 0. The summed E-state index contributed by atoms with van der Waals surface area (Å²) in [7, 11) is 0. The minimum absolute atomic E-state index is 0.0334. The molecule has 0 spiro atoms. The summed E-state index contributed by atoms with van der Waals surface area (Å²) in [5.41, 5.74) is 0.318. The van der Waals surface area contributed by atoms with Gasteiger partial charge in [0.1, 0.15) is 5.71 Å². The monoisotopic (exact) mass is 269 g/mol. The van der Waals surface area contributed by atoms with Crippen molar-refractivity contribution in [1.82, 2.24) is 4.98 Å². The maximum Gasteiger partial charge on any atom is 0.336 e. The van der Waals surface area contributed by atoms with Crippen molar-refractivity contribution in [2.24, 2.45) is 10.9 Å². The fourth-order valence-electron chi connectivity index (χ4n) is 1.76. The highest BCUT2D eigenvalue weighted by Gasteiger charge is 2.21. The van der Waals surface area contributed by atoms with Gasteiger partial charge in [0.2, 0.25) is 5.78 Å². The van der Waals surface area contributed by atoms with Crippen molar-refractivity contribution in [2.45, 2.75) is 0 Å². The van der Waals surface area contributed by atoms with Gasteiger partial charge in [0.25, 0.3) is 0 Å². The Bertz CT molecular complexity index is 681. The molecule has 0 amide bonds. The maximum atomic E-state index is 12.3. The normalized spacial score (nSPS) is 11.1. The quantitative estimate of drug-likeness (QED) is 0.377. The van der Waals surface area contributed by atoms with Crippen molar-refractivity contribution in [1.29, 1.82) is 0 Å². The molecular formula is C14H11N3O3. The number of Topliss-reactive ketones (excluding diaryl/α,β-unsaturated/α-hetero) is 1. The van der Waals surface area contributed by atoms with Gasteiger partial charge in [-0.25, -0.2) is 4.79 Å². The zero-order valence-corrected chi connectivity index (χ0v) is 10.4. The SMILES string of the molecule is N/N=C(/C(=O)c1cccnc1)c1ccccc1C(=O)O. The molecule has 0 saturated heterocycles.